The van der Waals surface area contributed by atoms with Crippen LogP contribution in [0, 0.1) is 22.8 Å². The second-order valence-electron chi connectivity index (χ2n) is 11.7. The van der Waals surface area contributed by atoms with E-state index in [4.69, 9.17) is 39.7 Å². The minimum absolute atomic E-state index is 0.0621. The third-order valence-corrected chi connectivity index (χ3v) is 9.47. The maximum Gasteiger partial charge on any atom is 0.258 e. The first-order valence-corrected chi connectivity index (χ1v) is 18.4. The summed E-state index contributed by atoms with van der Waals surface area (Å²) in [7, 11) is 3.06. The van der Waals surface area contributed by atoms with Gasteiger partial charge in [-0.15, -0.1) is 11.3 Å². The number of nitrogens with one attached hydrogen (secondary N) is 5. The molecule has 1 heterocycles. The lowest BCUT2D eigenvalue weighted by molar-refractivity contribution is -0.129. The second-order valence-corrected chi connectivity index (χ2v) is 13.4. The number of amides is 2. The van der Waals surface area contributed by atoms with Gasteiger partial charge in [0.05, 0.1) is 13.2 Å². The number of ether oxygens (including phenoxy) is 1. The summed E-state index contributed by atoms with van der Waals surface area (Å²) in [5.41, 5.74) is 2.84. The quantitative estimate of drug-likeness (QED) is 0.0466. The van der Waals surface area contributed by atoms with Crippen molar-refractivity contribution >= 4 is 84.4 Å². The average molecular weight is 765 g/mol. The Kier molecular flexibility index (Phi) is 15.3. The molecule has 272 valence electrons. The zero-order valence-corrected chi connectivity index (χ0v) is 32.0. The first kappa shape index (κ1) is 40.0. The van der Waals surface area contributed by atoms with Gasteiger partial charge in [0.15, 0.2) is 16.4 Å². The van der Waals surface area contributed by atoms with E-state index in [-0.39, 0.29) is 18.4 Å². The molecule has 0 aliphatic rings. The zero-order chi connectivity index (χ0) is 38.2. The van der Waals surface area contributed by atoms with Crippen LogP contribution in [0.5, 0.6) is 5.75 Å². The number of hydrogen-bond acceptors (Lipinski definition) is 8. The molecule has 0 aliphatic heterocycles. The summed E-state index contributed by atoms with van der Waals surface area (Å²) in [6.07, 6.45) is 2.75. The van der Waals surface area contributed by atoms with Crippen LogP contribution in [0.4, 0.5) is 5.69 Å². The third kappa shape index (κ3) is 11.9. The molecule has 0 spiro atoms. The second kappa shape index (κ2) is 20.3. The van der Waals surface area contributed by atoms with Gasteiger partial charge in [0, 0.05) is 36.8 Å². The van der Waals surface area contributed by atoms with Gasteiger partial charge in [0.25, 0.3) is 5.91 Å². The van der Waals surface area contributed by atoms with Crippen LogP contribution in [0.3, 0.4) is 0 Å². The molecule has 2 atom stereocenters. The first-order valence-electron chi connectivity index (χ1n) is 16.7. The van der Waals surface area contributed by atoms with Gasteiger partial charge in [0.2, 0.25) is 5.91 Å². The molecule has 0 saturated carbocycles. The number of likely N-dealkylation sites (N-methyl/N-ethyl adjacent to an activating group) is 1. The molecule has 0 fully saturated rings. The normalized spacial score (nSPS) is 11.3. The molecular weight excluding hydrogens is 725 g/mol. The van der Waals surface area contributed by atoms with Crippen molar-refractivity contribution < 1.29 is 14.3 Å². The minimum atomic E-state index is -0.627. The maximum atomic E-state index is 12.6. The van der Waals surface area contributed by atoms with Crippen molar-refractivity contribution in [2.75, 3.05) is 32.6 Å². The van der Waals surface area contributed by atoms with E-state index in [1.165, 1.54) is 11.7 Å². The molecule has 2 amide bonds. The van der Waals surface area contributed by atoms with Gasteiger partial charge in [0.1, 0.15) is 24.4 Å². The number of methoxy groups -OCH3 is 1. The van der Waals surface area contributed by atoms with E-state index in [1.807, 2.05) is 98.0 Å². The van der Waals surface area contributed by atoms with Gasteiger partial charge < -0.3 is 31.3 Å². The van der Waals surface area contributed by atoms with E-state index in [2.05, 4.69) is 44.1 Å². The van der Waals surface area contributed by atoms with Crippen LogP contribution in [0.15, 0.2) is 96.4 Å². The van der Waals surface area contributed by atoms with Gasteiger partial charge >= 0.3 is 0 Å². The fraction of sp³-hybridized carbons (Fsp3) is 0.231. The number of benzene rings is 4. The number of anilines is 1. The predicted molar refractivity (Wildman–Crippen MR) is 220 cm³/mol. The molecule has 2 unspecified atom stereocenters. The summed E-state index contributed by atoms with van der Waals surface area (Å²) in [5.74, 6) is 0.149. The summed E-state index contributed by atoms with van der Waals surface area (Å²) in [6, 6.07) is 30.2. The monoisotopic (exact) mass is 764 g/mol. The van der Waals surface area contributed by atoms with Gasteiger partial charge in [-0.1, -0.05) is 60.7 Å². The van der Waals surface area contributed by atoms with Gasteiger partial charge in [-0.25, -0.2) is 0 Å². The number of thiophene rings is 1. The Labute approximate surface area is 323 Å². The molecular formula is C39H40N8O3S3. The Morgan fingerprint density at radius 2 is 1.57 bits per heavy atom. The van der Waals surface area contributed by atoms with Crippen LogP contribution >= 0.6 is 35.8 Å². The van der Waals surface area contributed by atoms with E-state index in [0.29, 0.717) is 29.6 Å². The van der Waals surface area contributed by atoms with E-state index < -0.39 is 12.1 Å². The topological polar surface area (TPSA) is 154 Å². The number of nitriles is 2. The smallest absolute Gasteiger partial charge is 0.258 e. The fourth-order valence-electron chi connectivity index (χ4n) is 5.32. The lowest BCUT2D eigenvalue weighted by Gasteiger charge is -2.21. The van der Waals surface area contributed by atoms with Crippen LogP contribution in [0.1, 0.15) is 18.1 Å². The van der Waals surface area contributed by atoms with Crippen LogP contribution in [-0.4, -0.2) is 66.3 Å². The number of nitrogens with zero attached hydrogens (tertiary/aromatic N) is 3. The number of carbonyl (C=O) groups excluding carboxylic acids is 2. The van der Waals surface area contributed by atoms with Gasteiger partial charge in [-0.2, -0.15) is 10.5 Å². The van der Waals surface area contributed by atoms with Crippen LogP contribution in [0.2, 0.25) is 0 Å². The molecule has 5 rings (SSSR count). The van der Waals surface area contributed by atoms with Crippen LogP contribution < -0.4 is 31.3 Å². The molecule has 4 aromatic carbocycles. The number of thiocarbonyl (C=S) groups is 2. The highest BCUT2D eigenvalue weighted by atomic mass is 32.1. The summed E-state index contributed by atoms with van der Waals surface area (Å²) in [6.45, 7) is 2.54. The molecule has 0 saturated heterocycles. The molecule has 11 nitrogen and oxygen atoms in total. The van der Waals surface area contributed by atoms with E-state index in [1.54, 1.807) is 18.4 Å². The number of hydrogen-bond donors (Lipinski definition) is 5. The van der Waals surface area contributed by atoms with Crippen molar-refractivity contribution in [2.45, 2.75) is 31.8 Å². The summed E-state index contributed by atoms with van der Waals surface area (Å²) in [4.78, 5) is 26.1. The van der Waals surface area contributed by atoms with Crippen LogP contribution in [0.25, 0.3) is 20.9 Å². The highest BCUT2D eigenvalue weighted by Crippen LogP contribution is 2.27. The molecule has 14 heteroatoms. The van der Waals surface area contributed by atoms with Crippen molar-refractivity contribution in [3.05, 3.63) is 108 Å². The zero-order valence-electron chi connectivity index (χ0n) is 29.5. The maximum absolute atomic E-state index is 12.6. The number of carbonyl (C=O) groups is 2. The Hall–Kier alpha value is -5.80. The molecule has 53 heavy (non-hydrogen) atoms. The lowest BCUT2D eigenvalue weighted by Crippen LogP contribution is -2.50. The van der Waals surface area contributed by atoms with E-state index in [0.717, 1.165) is 43.6 Å². The molecule has 0 bridgehead atoms. The Balaban J connectivity index is 0.000000245. The third-order valence-electron chi connectivity index (χ3n) is 7.97. The number of fused-ring (bicyclic) bond motifs is 2. The van der Waals surface area contributed by atoms with E-state index in [9.17, 15) is 9.59 Å². The SMILES string of the molecule is CCNC(=S)NC(Cc1csc2ccccc12)C(=O)N(C)C#N.COc1ccc(NC(=S)NC(Cc2ccc3ccccc3c2)C(=O)NCC#N)cc1. The predicted octanol–water partition coefficient (Wildman–Crippen LogP) is 5.62. The van der Waals surface area contributed by atoms with Crippen molar-refractivity contribution in [3.8, 4) is 18.0 Å². The largest absolute Gasteiger partial charge is 0.497 e. The molecule has 0 aliphatic carbocycles. The van der Waals surface area contributed by atoms with Gasteiger partial charge in [-0.3, -0.25) is 14.5 Å². The summed E-state index contributed by atoms with van der Waals surface area (Å²) < 4.78 is 6.33. The number of rotatable bonds is 12. The molecule has 5 N–H and O–H groups in total. The minimum Gasteiger partial charge on any atom is -0.497 e. The highest BCUT2D eigenvalue weighted by Gasteiger charge is 2.25. The van der Waals surface area contributed by atoms with Crippen molar-refractivity contribution in [3.63, 3.8) is 0 Å². The standard InChI is InChI=1S/C23H22N4O2S.C16H18N4OS2/c1-29-20-10-8-19(9-11-20)26-23(30)27-21(22(28)25-13-12-24)15-16-6-7-17-4-2-3-5-18(17)14-16;1-3-18-16(22)19-13(15(21)20(2)10-17)8-11-9-23-14-7-5-4-6-12(11)14/h2-11,14,21H,13,15H2,1H3,(H,25,28)(H2,26,27,30);4-7,9,13H,3,8H2,1-2H3,(H2,18,19,22). The lowest BCUT2D eigenvalue weighted by atomic mass is 10.0. The average Bonchev–Trinajstić information content (AvgIpc) is 3.58. The van der Waals surface area contributed by atoms with Gasteiger partial charge in [-0.05, 0) is 94.4 Å². The Morgan fingerprint density at radius 1 is 0.868 bits per heavy atom. The Morgan fingerprint density at radius 3 is 2.26 bits per heavy atom. The molecule has 1 aromatic heterocycles. The highest BCUT2D eigenvalue weighted by molar-refractivity contribution is 7.80. The Bertz CT molecular complexity index is 2120. The van der Waals surface area contributed by atoms with E-state index >= 15 is 0 Å². The molecule has 0 radical (unpaired) electrons. The van der Waals surface area contributed by atoms with Crippen LogP contribution in [-0.2, 0) is 22.4 Å². The summed E-state index contributed by atoms with van der Waals surface area (Å²) >= 11 is 12.2. The first-order chi connectivity index (χ1) is 25.6. The molecule has 5 aromatic rings. The van der Waals surface area contributed by atoms with Crippen molar-refractivity contribution in [1.82, 2.24) is 26.2 Å². The summed E-state index contributed by atoms with van der Waals surface area (Å²) in [5, 5.41) is 38.6. The fourth-order valence-corrected chi connectivity index (χ4v) is 6.85. The van der Waals surface area contributed by atoms with Crippen molar-refractivity contribution in [2.24, 2.45) is 0 Å². The van der Waals surface area contributed by atoms with Crippen molar-refractivity contribution in [1.29, 1.82) is 10.5 Å².